The smallest absolute Gasteiger partial charge is 0.338 e. The number of hydrogen-bond donors (Lipinski definition) is 2. The molecule has 6 nitrogen and oxygen atoms in total. The molecule has 1 aromatic heterocycles. The summed E-state index contributed by atoms with van der Waals surface area (Å²) >= 11 is 0. The maximum absolute atomic E-state index is 11.9. The predicted octanol–water partition coefficient (Wildman–Crippen LogP) is 2.51. The number of esters is 1. The first-order chi connectivity index (χ1) is 11.4. The van der Waals surface area contributed by atoms with Crippen molar-refractivity contribution in [1.29, 1.82) is 0 Å². The Morgan fingerprint density at radius 2 is 2.00 bits per heavy atom. The van der Waals surface area contributed by atoms with Gasteiger partial charge in [-0.3, -0.25) is 4.68 Å². The largest absolute Gasteiger partial charge is 0.465 e. The SMILES string of the molecule is COC(=O)c1cc(NCc2c(C)nn(CCO)c2C)cc(C)c1C. The van der Waals surface area contributed by atoms with Crippen LogP contribution in [0, 0.1) is 27.7 Å². The number of hydrogen-bond acceptors (Lipinski definition) is 5. The summed E-state index contributed by atoms with van der Waals surface area (Å²) < 4.78 is 6.67. The Balaban J connectivity index is 2.24. The molecule has 0 saturated carbocycles. The Kier molecular flexibility index (Phi) is 5.62. The number of carbonyl (C=O) groups is 1. The normalized spacial score (nSPS) is 10.8. The summed E-state index contributed by atoms with van der Waals surface area (Å²) in [4.78, 5) is 11.9. The maximum Gasteiger partial charge on any atom is 0.338 e. The fourth-order valence-corrected chi connectivity index (χ4v) is 2.78. The highest BCUT2D eigenvalue weighted by Crippen LogP contribution is 2.22. The number of aliphatic hydroxyl groups is 1. The molecule has 130 valence electrons. The van der Waals surface area contributed by atoms with Gasteiger partial charge in [0, 0.05) is 23.5 Å². The first kappa shape index (κ1) is 18.0. The van der Waals surface area contributed by atoms with E-state index in [0.717, 1.165) is 33.8 Å². The molecule has 0 aliphatic heterocycles. The zero-order valence-electron chi connectivity index (χ0n) is 14.9. The summed E-state index contributed by atoms with van der Waals surface area (Å²) in [5.41, 5.74) is 6.47. The number of methoxy groups -OCH3 is 1. The molecule has 0 aliphatic rings. The van der Waals surface area contributed by atoms with E-state index in [1.165, 1.54) is 7.11 Å². The van der Waals surface area contributed by atoms with Gasteiger partial charge in [-0.05, 0) is 51.0 Å². The molecule has 0 saturated heterocycles. The van der Waals surface area contributed by atoms with Crippen molar-refractivity contribution in [3.8, 4) is 0 Å². The van der Waals surface area contributed by atoms with Gasteiger partial charge in [0.1, 0.15) is 0 Å². The zero-order valence-corrected chi connectivity index (χ0v) is 14.9. The summed E-state index contributed by atoms with van der Waals surface area (Å²) in [7, 11) is 1.39. The Morgan fingerprint density at radius 3 is 2.62 bits per heavy atom. The van der Waals surface area contributed by atoms with Gasteiger partial charge in [0.25, 0.3) is 0 Å². The van der Waals surface area contributed by atoms with Crippen molar-refractivity contribution in [1.82, 2.24) is 9.78 Å². The topological polar surface area (TPSA) is 76.4 Å². The zero-order chi connectivity index (χ0) is 17.9. The molecule has 6 heteroatoms. The quantitative estimate of drug-likeness (QED) is 0.796. The lowest BCUT2D eigenvalue weighted by Crippen LogP contribution is -2.09. The van der Waals surface area contributed by atoms with Crippen LogP contribution in [0.4, 0.5) is 5.69 Å². The lowest BCUT2D eigenvalue weighted by atomic mass is 10.0. The number of rotatable bonds is 6. The highest BCUT2D eigenvalue weighted by molar-refractivity contribution is 5.92. The van der Waals surface area contributed by atoms with Gasteiger partial charge < -0.3 is 15.2 Å². The predicted molar refractivity (Wildman–Crippen MR) is 93.4 cm³/mol. The Morgan fingerprint density at radius 1 is 1.29 bits per heavy atom. The van der Waals surface area contributed by atoms with E-state index in [1.807, 2.05) is 44.5 Å². The van der Waals surface area contributed by atoms with E-state index < -0.39 is 0 Å². The molecule has 0 aliphatic carbocycles. The number of nitrogens with one attached hydrogen (secondary N) is 1. The molecule has 0 amide bonds. The van der Waals surface area contributed by atoms with Crippen molar-refractivity contribution in [2.75, 3.05) is 19.0 Å². The number of aromatic nitrogens is 2. The lowest BCUT2D eigenvalue weighted by molar-refractivity contribution is 0.0600. The highest BCUT2D eigenvalue weighted by Gasteiger charge is 2.14. The van der Waals surface area contributed by atoms with E-state index in [4.69, 9.17) is 9.84 Å². The van der Waals surface area contributed by atoms with Gasteiger partial charge in [0.2, 0.25) is 0 Å². The summed E-state index contributed by atoms with van der Waals surface area (Å²) in [5.74, 6) is -0.331. The Labute approximate surface area is 142 Å². The van der Waals surface area contributed by atoms with Gasteiger partial charge in [-0.1, -0.05) is 0 Å². The second-order valence-electron chi connectivity index (χ2n) is 5.91. The Hall–Kier alpha value is -2.34. The van der Waals surface area contributed by atoms with E-state index >= 15 is 0 Å². The number of aryl methyl sites for hydroxylation is 2. The first-order valence-corrected chi connectivity index (χ1v) is 7.96. The van der Waals surface area contributed by atoms with E-state index in [-0.39, 0.29) is 12.6 Å². The third-order valence-electron chi connectivity index (χ3n) is 4.39. The summed E-state index contributed by atoms with van der Waals surface area (Å²) in [5, 5.41) is 16.9. The molecule has 1 aromatic carbocycles. The molecular formula is C18H25N3O3. The van der Waals surface area contributed by atoms with Crippen LogP contribution in [0.5, 0.6) is 0 Å². The fraction of sp³-hybridized carbons (Fsp3) is 0.444. The van der Waals surface area contributed by atoms with Crippen molar-refractivity contribution >= 4 is 11.7 Å². The average molecular weight is 331 g/mol. The number of aliphatic hydroxyl groups excluding tert-OH is 1. The van der Waals surface area contributed by atoms with Crippen molar-refractivity contribution in [2.45, 2.75) is 40.8 Å². The maximum atomic E-state index is 11.9. The average Bonchev–Trinajstić information content (AvgIpc) is 2.82. The minimum Gasteiger partial charge on any atom is -0.465 e. The molecule has 2 aromatic rings. The number of nitrogens with zero attached hydrogens (tertiary/aromatic N) is 2. The van der Waals surface area contributed by atoms with Crippen LogP contribution in [0.3, 0.4) is 0 Å². The third-order valence-corrected chi connectivity index (χ3v) is 4.39. The molecule has 24 heavy (non-hydrogen) atoms. The van der Waals surface area contributed by atoms with Crippen molar-refractivity contribution in [3.05, 3.63) is 45.8 Å². The third kappa shape index (κ3) is 3.59. The van der Waals surface area contributed by atoms with Crippen molar-refractivity contribution in [3.63, 3.8) is 0 Å². The van der Waals surface area contributed by atoms with Crippen LogP contribution in [-0.4, -0.2) is 34.6 Å². The summed E-state index contributed by atoms with van der Waals surface area (Å²) in [6.45, 7) is 9.00. The molecule has 0 bridgehead atoms. The molecule has 1 heterocycles. The van der Waals surface area contributed by atoms with E-state index in [1.54, 1.807) is 0 Å². The van der Waals surface area contributed by atoms with E-state index in [9.17, 15) is 4.79 Å². The number of carbonyl (C=O) groups excluding carboxylic acids is 1. The Bertz CT molecular complexity index is 750. The van der Waals surface area contributed by atoms with Gasteiger partial charge >= 0.3 is 5.97 Å². The van der Waals surface area contributed by atoms with Crippen LogP contribution in [0.2, 0.25) is 0 Å². The van der Waals surface area contributed by atoms with E-state index in [2.05, 4.69) is 10.4 Å². The van der Waals surface area contributed by atoms with E-state index in [0.29, 0.717) is 18.7 Å². The summed E-state index contributed by atoms with van der Waals surface area (Å²) in [6, 6.07) is 3.83. The molecule has 2 rings (SSSR count). The van der Waals surface area contributed by atoms with Gasteiger partial charge in [0.15, 0.2) is 0 Å². The van der Waals surface area contributed by atoms with Gasteiger partial charge in [0.05, 0.1) is 31.5 Å². The van der Waals surface area contributed by atoms with Crippen LogP contribution in [0.1, 0.15) is 38.4 Å². The van der Waals surface area contributed by atoms with Crippen LogP contribution < -0.4 is 5.32 Å². The molecule has 0 spiro atoms. The molecular weight excluding hydrogens is 306 g/mol. The standard InChI is InChI=1S/C18H25N3O3/c1-11-8-15(9-16(12(11)2)18(23)24-5)19-10-17-13(3)20-21(6-7-22)14(17)4/h8-9,19,22H,6-7,10H2,1-5H3. The lowest BCUT2D eigenvalue weighted by Gasteiger charge is -2.13. The van der Waals surface area contributed by atoms with Gasteiger partial charge in [-0.15, -0.1) is 0 Å². The molecule has 0 fully saturated rings. The number of benzene rings is 1. The monoisotopic (exact) mass is 331 g/mol. The van der Waals surface area contributed by atoms with Crippen LogP contribution in [0.15, 0.2) is 12.1 Å². The van der Waals surface area contributed by atoms with Crippen LogP contribution in [0.25, 0.3) is 0 Å². The van der Waals surface area contributed by atoms with Crippen molar-refractivity contribution in [2.24, 2.45) is 0 Å². The second-order valence-corrected chi connectivity index (χ2v) is 5.91. The molecule has 0 atom stereocenters. The highest BCUT2D eigenvalue weighted by atomic mass is 16.5. The first-order valence-electron chi connectivity index (χ1n) is 7.96. The second kappa shape index (κ2) is 7.49. The molecule has 2 N–H and O–H groups in total. The van der Waals surface area contributed by atoms with Crippen molar-refractivity contribution < 1.29 is 14.6 Å². The van der Waals surface area contributed by atoms with Crippen LogP contribution in [-0.2, 0) is 17.8 Å². The number of ether oxygens (including phenoxy) is 1. The van der Waals surface area contributed by atoms with Gasteiger partial charge in [-0.25, -0.2) is 4.79 Å². The van der Waals surface area contributed by atoms with Gasteiger partial charge in [-0.2, -0.15) is 5.10 Å². The minimum atomic E-state index is -0.331. The minimum absolute atomic E-state index is 0.0640. The summed E-state index contributed by atoms with van der Waals surface area (Å²) in [6.07, 6.45) is 0. The molecule has 0 unspecified atom stereocenters. The molecule has 0 radical (unpaired) electrons. The fourth-order valence-electron chi connectivity index (χ4n) is 2.78. The number of anilines is 1. The van der Waals surface area contributed by atoms with Crippen LogP contribution >= 0.6 is 0 Å².